The molecule has 6 heterocycles. The van der Waals surface area contributed by atoms with E-state index in [4.69, 9.17) is 26.2 Å². The van der Waals surface area contributed by atoms with Gasteiger partial charge in [-0.15, -0.1) is 0 Å². The van der Waals surface area contributed by atoms with Crippen molar-refractivity contribution in [1.82, 2.24) is 54.3 Å². The number of fused-ring (bicyclic) bond motifs is 2. The third-order valence-electron chi connectivity index (χ3n) is 11.2. The first-order valence-electron chi connectivity index (χ1n) is 22.1. The van der Waals surface area contributed by atoms with Crippen molar-refractivity contribution >= 4 is 34.0 Å². The van der Waals surface area contributed by atoms with Gasteiger partial charge in [-0.25, -0.2) is 39.5 Å². The molecule has 18 heteroatoms. The van der Waals surface area contributed by atoms with Crippen molar-refractivity contribution in [3.8, 4) is 29.3 Å². The van der Waals surface area contributed by atoms with Crippen molar-refractivity contribution in [1.29, 1.82) is 5.26 Å². The Bertz CT molecular complexity index is 3090. The Balaban J connectivity index is 0.000000180. The number of ether oxygens (including phenoxy) is 2. The predicted octanol–water partition coefficient (Wildman–Crippen LogP) is 7.15. The molecule has 0 unspecified atom stereocenters. The molecule has 18 nitrogen and oxygen atoms in total. The van der Waals surface area contributed by atoms with E-state index in [1.807, 2.05) is 84.9 Å². The first-order valence-corrected chi connectivity index (χ1v) is 22.1. The highest BCUT2D eigenvalue weighted by atomic mass is 16.5. The fourth-order valence-corrected chi connectivity index (χ4v) is 7.89. The Morgan fingerprint density at radius 2 is 1.17 bits per heavy atom. The zero-order valence-electron chi connectivity index (χ0n) is 37.0. The summed E-state index contributed by atoms with van der Waals surface area (Å²) in [6.07, 6.45) is 9.60. The third kappa shape index (κ3) is 11.2. The van der Waals surface area contributed by atoms with Crippen molar-refractivity contribution in [2.24, 2.45) is 0 Å². The van der Waals surface area contributed by atoms with Gasteiger partial charge >= 0.3 is 11.4 Å². The zero-order valence-corrected chi connectivity index (χ0v) is 37.0. The highest BCUT2D eigenvalue weighted by Gasteiger charge is 2.16. The number of pyridine rings is 2. The maximum atomic E-state index is 12.4. The first kappa shape index (κ1) is 44.7. The van der Waals surface area contributed by atoms with Gasteiger partial charge in [-0.2, -0.15) is 5.26 Å². The van der Waals surface area contributed by atoms with Crippen LogP contribution in [0.15, 0.2) is 94.5 Å². The monoisotopic (exact) mass is 888 g/mol. The molecule has 8 aromatic rings. The summed E-state index contributed by atoms with van der Waals surface area (Å²) >= 11 is 0. The van der Waals surface area contributed by atoms with Crippen LogP contribution in [0.3, 0.4) is 0 Å². The van der Waals surface area contributed by atoms with Crippen LogP contribution in [0, 0.1) is 25.2 Å². The summed E-state index contributed by atoms with van der Waals surface area (Å²) in [6, 6.07) is 29.3. The van der Waals surface area contributed by atoms with Crippen molar-refractivity contribution < 1.29 is 9.47 Å². The van der Waals surface area contributed by atoms with Crippen molar-refractivity contribution in [2.45, 2.75) is 97.3 Å². The topological polar surface area (TPSA) is 259 Å². The van der Waals surface area contributed by atoms with Gasteiger partial charge in [0.25, 0.3) is 0 Å². The molecule has 7 N–H and O–H groups in total. The number of nitrogen functional groups attached to an aromatic ring is 2. The lowest BCUT2D eigenvalue weighted by Gasteiger charge is -2.22. The van der Waals surface area contributed by atoms with Gasteiger partial charge in [0.15, 0.2) is 22.9 Å². The normalized spacial score (nSPS) is 12.7. The molecule has 0 saturated heterocycles. The molecule has 0 amide bonds. The minimum atomic E-state index is -0.289. The Hall–Kier alpha value is -7.91. The quantitative estimate of drug-likeness (QED) is 0.0641. The molecule has 6 aromatic heterocycles. The number of unbranched alkanes of at least 4 members (excludes halogenated alkanes) is 2. The van der Waals surface area contributed by atoms with Gasteiger partial charge in [0.1, 0.15) is 34.2 Å². The number of aryl methyl sites for hydroxylation is 3. The van der Waals surface area contributed by atoms with Crippen LogP contribution in [0.25, 0.3) is 22.3 Å². The SMILES string of the molecule is Cc1nc(N)c2[nH]c(=O)n(Cc3ccc(Oc4cccc(CCCCC#N)n4)cc3)c2n1.Cc1nc(N)c2[nH]c(=O)n(Cc3ccc(Oc4cccc(CNC5CCCCC5)n4)cc3)c2n1. The Kier molecular flexibility index (Phi) is 14.0. The molecule has 0 bridgehead atoms. The zero-order chi connectivity index (χ0) is 46.0. The summed E-state index contributed by atoms with van der Waals surface area (Å²) in [5.74, 6) is 3.96. The Morgan fingerprint density at radius 1 is 0.667 bits per heavy atom. The number of nitrogens with zero attached hydrogens (tertiary/aromatic N) is 9. The lowest BCUT2D eigenvalue weighted by atomic mass is 9.95. The second-order valence-electron chi connectivity index (χ2n) is 16.2. The molecule has 0 radical (unpaired) electrons. The number of hydrogen-bond acceptors (Lipinski definition) is 14. The molecule has 66 heavy (non-hydrogen) atoms. The second-order valence-corrected chi connectivity index (χ2v) is 16.2. The maximum absolute atomic E-state index is 12.4. The van der Waals surface area contributed by atoms with Gasteiger partial charge in [-0.05, 0) is 93.5 Å². The number of aromatic amines is 2. The van der Waals surface area contributed by atoms with E-state index in [0.29, 0.717) is 82.8 Å². The molecule has 1 saturated carbocycles. The van der Waals surface area contributed by atoms with E-state index >= 15 is 0 Å². The molecule has 1 aliphatic carbocycles. The highest BCUT2D eigenvalue weighted by Crippen LogP contribution is 2.24. The smallest absolute Gasteiger partial charge is 0.328 e. The van der Waals surface area contributed by atoms with Gasteiger partial charge in [0.05, 0.1) is 24.9 Å². The lowest BCUT2D eigenvalue weighted by Crippen LogP contribution is -2.30. The summed E-state index contributed by atoms with van der Waals surface area (Å²) in [6.45, 7) is 4.92. The van der Waals surface area contributed by atoms with Crippen LogP contribution in [0.1, 0.15) is 85.5 Å². The molecule has 2 aromatic carbocycles. The van der Waals surface area contributed by atoms with Crippen LogP contribution >= 0.6 is 0 Å². The number of imidazole rings is 2. The first-order chi connectivity index (χ1) is 32.1. The number of hydrogen-bond donors (Lipinski definition) is 5. The van der Waals surface area contributed by atoms with Gasteiger partial charge in [0.2, 0.25) is 11.8 Å². The predicted molar refractivity (Wildman–Crippen MR) is 251 cm³/mol. The van der Waals surface area contributed by atoms with E-state index < -0.39 is 0 Å². The Labute approximate surface area is 380 Å². The molecular weight excluding hydrogens is 837 g/mol. The summed E-state index contributed by atoms with van der Waals surface area (Å²) in [7, 11) is 0. The molecule has 0 spiro atoms. The highest BCUT2D eigenvalue weighted by molar-refractivity contribution is 5.82. The number of nitriles is 1. The largest absolute Gasteiger partial charge is 0.439 e. The average molecular weight is 889 g/mol. The molecule has 0 atom stereocenters. The fourth-order valence-electron chi connectivity index (χ4n) is 7.89. The number of nitrogens with two attached hydrogens (primary N) is 2. The van der Waals surface area contributed by atoms with E-state index in [-0.39, 0.29) is 23.0 Å². The summed E-state index contributed by atoms with van der Waals surface area (Å²) < 4.78 is 15.0. The van der Waals surface area contributed by atoms with Gasteiger partial charge in [-0.3, -0.25) is 9.13 Å². The fraction of sp³-hybridized carbons (Fsp3) is 0.312. The molecular formula is C48H52N14O4. The van der Waals surface area contributed by atoms with Gasteiger partial charge in [-0.1, -0.05) is 55.7 Å². The molecule has 1 fully saturated rings. The molecule has 338 valence electrons. The van der Waals surface area contributed by atoms with Crippen LogP contribution in [-0.4, -0.2) is 55.0 Å². The van der Waals surface area contributed by atoms with Crippen molar-refractivity contribution in [3.63, 3.8) is 0 Å². The molecule has 1 aliphatic rings. The number of rotatable bonds is 15. The number of H-pyrrole nitrogens is 2. The summed E-state index contributed by atoms with van der Waals surface area (Å²) in [4.78, 5) is 56.4. The summed E-state index contributed by atoms with van der Waals surface area (Å²) in [5, 5.41) is 12.2. The number of anilines is 2. The number of nitrogens with one attached hydrogen (secondary N) is 3. The Morgan fingerprint density at radius 3 is 1.68 bits per heavy atom. The maximum Gasteiger partial charge on any atom is 0.328 e. The number of aromatic nitrogens is 10. The van der Waals surface area contributed by atoms with Crippen LogP contribution in [0.5, 0.6) is 23.3 Å². The summed E-state index contributed by atoms with van der Waals surface area (Å²) in [5.41, 5.74) is 16.9. The van der Waals surface area contributed by atoms with Gasteiger partial charge in [0, 0.05) is 36.8 Å². The standard InChI is InChI=1S/C25H29N7O2.C23H23N7O2/c1-16-28-23(26)22-24(29-16)32(25(33)31-22)15-17-10-12-20(13-11-17)34-21-9-5-8-19(30-21)14-27-18-6-3-2-4-7-18;1-15-26-21(25)20-22(27-15)30(23(31)29-20)14-16-9-11-18(12-10-16)32-19-8-5-7-17(28-19)6-3-2-4-13-24/h5,8-13,18,27H,2-4,6-7,14-15H2,1H3,(H,31,33)(H2,26,28,29);5,7-12H,2-4,6,14H2,1H3,(H,29,31)(H2,25,26,27). The van der Waals surface area contributed by atoms with Crippen LogP contribution < -0.4 is 37.6 Å². The van der Waals surface area contributed by atoms with Crippen LogP contribution in [0.2, 0.25) is 0 Å². The van der Waals surface area contributed by atoms with E-state index in [0.717, 1.165) is 48.3 Å². The van der Waals surface area contributed by atoms with E-state index in [1.54, 1.807) is 18.4 Å². The van der Waals surface area contributed by atoms with Crippen LogP contribution in [0.4, 0.5) is 11.6 Å². The minimum Gasteiger partial charge on any atom is -0.439 e. The third-order valence-corrected chi connectivity index (χ3v) is 11.2. The average Bonchev–Trinajstić information content (AvgIpc) is 3.80. The second kappa shape index (κ2) is 20.7. The minimum absolute atomic E-state index is 0.256. The van der Waals surface area contributed by atoms with Crippen molar-refractivity contribution in [3.05, 3.63) is 140 Å². The number of benzene rings is 2. The molecule has 9 rings (SSSR count). The van der Waals surface area contributed by atoms with E-state index in [1.165, 1.54) is 36.7 Å². The van der Waals surface area contributed by atoms with E-state index in [9.17, 15) is 9.59 Å². The molecule has 0 aliphatic heterocycles. The van der Waals surface area contributed by atoms with Crippen LogP contribution in [-0.2, 0) is 26.1 Å². The lowest BCUT2D eigenvalue weighted by molar-refractivity contribution is 0.370. The van der Waals surface area contributed by atoms with Crippen molar-refractivity contribution in [2.75, 3.05) is 11.5 Å². The van der Waals surface area contributed by atoms with E-state index in [2.05, 4.69) is 51.3 Å². The van der Waals surface area contributed by atoms with Gasteiger partial charge < -0.3 is 36.2 Å².